The van der Waals surface area contributed by atoms with Gasteiger partial charge in [-0.15, -0.1) is 11.3 Å². The number of nitrogens with two attached hydrogens (primary N) is 1. The Bertz CT molecular complexity index is 282. The molecule has 3 N–H and O–H groups in total. The van der Waals surface area contributed by atoms with Crippen molar-refractivity contribution in [3.8, 4) is 11.8 Å². The lowest BCUT2D eigenvalue weighted by Crippen LogP contribution is -1.90. The fourth-order valence-corrected chi connectivity index (χ4v) is 1.44. The minimum atomic E-state index is -0.0874. The van der Waals surface area contributed by atoms with Crippen LogP contribution in [0.4, 0.5) is 0 Å². The Kier molecular flexibility index (Phi) is 3.12. The van der Waals surface area contributed by atoms with Gasteiger partial charge in [0.15, 0.2) is 0 Å². The number of aliphatic hydroxyl groups is 1. The third-order valence-electron chi connectivity index (χ3n) is 1.15. The van der Waals surface area contributed by atoms with Crippen LogP contribution in [0, 0.1) is 11.8 Å². The molecule has 0 spiro atoms. The van der Waals surface area contributed by atoms with Gasteiger partial charge in [0.25, 0.3) is 0 Å². The van der Waals surface area contributed by atoms with E-state index in [0.717, 1.165) is 9.75 Å². The van der Waals surface area contributed by atoms with Crippen LogP contribution in [0.3, 0.4) is 0 Å². The fraction of sp³-hybridized carbons (Fsp3) is 0.250. The monoisotopic (exact) mass is 167 g/mol. The van der Waals surface area contributed by atoms with Crippen molar-refractivity contribution in [3.05, 3.63) is 21.9 Å². The normalized spacial score (nSPS) is 8.91. The second-order valence-corrected chi connectivity index (χ2v) is 3.10. The summed E-state index contributed by atoms with van der Waals surface area (Å²) in [7, 11) is 0. The van der Waals surface area contributed by atoms with Crippen molar-refractivity contribution in [1.29, 1.82) is 0 Å². The van der Waals surface area contributed by atoms with Crippen LogP contribution in [0.5, 0.6) is 0 Å². The molecule has 0 saturated heterocycles. The molecule has 2 nitrogen and oxygen atoms in total. The lowest BCUT2D eigenvalue weighted by Gasteiger charge is -1.81. The molecule has 11 heavy (non-hydrogen) atoms. The van der Waals surface area contributed by atoms with Crippen LogP contribution in [0.2, 0.25) is 0 Å². The molecular formula is C8H9NOS. The van der Waals surface area contributed by atoms with Gasteiger partial charge in [-0.05, 0) is 12.1 Å². The second-order valence-electron chi connectivity index (χ2n) is 1.93. The van der Waals surface area contributed by atoms with Gasteiger partial charge in [0.05, 0.1) is 4.88 Å². The predicted octanol–water partition coefficient (Wildman–Crippen LogP) is 0.551. The third-order valence-corrected chi connectivity index (χ3v) is 2.18. The van der Waals surface area contributed by atoms with Crippen LogP contribution < -0.4 is 5.73 Å². The van der Waals surface area contributed by atoms with Gasteiger partial charge in [0.2, 0.25) is 0 Å². The molecule has 0 aliphatic heterocycles. The highest BCUT2D eigenvalue weighted by Crippen LogP contribution is 2.13. The zero-order chi connectivity index (χ0) is 8.10. The van der Waals surface area contributed by atoms with Crippen molar-refractivity contribution in [1.82, 2.24) is 0 Å². The lowest BCUT2D eigenvalue weighted by molar-refractivity contribution is 0.350. The summed E-state index contributed by atoms with van der Waals surface area (Å²) < 4.78 is 0. The van der Waals surface area contributed by atoms with Crippen molar-refractivity contribution >= 4 is 11.3 Å². The van der Waals surface area contributed by atoms with Crippen molar-refractivity contribution in [2.24, 2.45) is 5.73 Å². The van der Waals surface area contributed by atoms with Gasteiger partial charge < -0.3 is 10.8 Å². The highest BCUT2D eigenvalue weighted by atomic mass is 32.1. The largest absolute Gasteiger partial charge is 0.384 e. The summed E-state index contributed by atoms with van der Waals surface area (Å²) in [5, 5.41) is 8.40. The average molecular weight is 167 g/mol. The first-order chi connectivity index (χ1) is 5.36. The van der Waals surface area contributed by atoms with Gasteiger partial charge in [-0.25, -0.2) is 0 Å². The Morgan fingerprint density at radius 3 is 2.91 bits per heavy atom. The van der Waals surface area contributed by atoms with E-state index in [2.05, 4.69) is 11.8 Å². The van der Waals surface area contributed by atoms with Crippen molar-refractivity contribution < 1.29 is 5.11 Å². The van der Waals surface area contributed by atoms with Crippen LogP contribution in [-0.4, -0.2) is 11.7 Å². The smallest absolute Gasteiger partial charge is 0.104 e. The summed E-state index contributed by atoms with van der Waals surface area (Å²) in [6.45, 7) is 0.474. The summed E-state index contributed by atoms with van der Waals surface area (Å²) in [4.78, 5) is 2.08. The molecule has 1 heterocycles. The van der Waals surface area contributed by atoms with Crippen LogP contribution >= 0.6 is 11.3 Å². The van der Waals surface area contributed by atoms with E-state index in [0.29, 0.717) is 6.54 Å². The molecule has 0 saturated carbocycles. The summed E-state index contributed by atoms with van der Waals surface area (Å²) in [5.41, 5.74) is 5.40. The van der Waals surface area contributed by atoms with E-state index in [1.54, 1.807) is 11.3 Å². The van der Waals surface area contributed by atoms with E-state index in [4.69, 9.17) is 10.8 Å². The summed E-state index contributed by atoms with van der Waals surface area (Å²) in [5.74, 6) is 5.39. The summed E-state index contributed by atoms with van der Waals surface area (Å²) in [6.07, 6.45) is 0. The molecule has 0 atom stereocenters. The highest BCUT2D eigenvalue weighted by Gasteiger charge is 1.93. The minimum absolute atomic E-state index is 0.0874. The first-order valence-electron chi connectivity index (χ1n) is 3.25. The van der Waals surface area contributed by atoms with Crippen molar-refractivity contribution in [2.45, 2.75) is 6.54 Å². The van der Waals surface area contributed by atoms with Crippen molar-refractivity contribution in [2.75, 3.05) is 6.61 Å². The Labute approximate surface area is 69.7 Å². The van der Waals surface area contributed by atoms with Gasteiger partial charge in [0.1, 0.15) is 6.61 Å². The van der Waals surface area contributed by atoms with Gasteiger partial charge in [-0.2, -0.15) is 0 Å². The number of hydrogen-bond acceptors (Lipinski definition) is 3. The van der Waals surface area contributed by atoms with Gasteiger partial charge in [-0.3, -0.25) is 0 Å². The zero-order valence-corrected chi connectivity index (χ0v) is 6.82. The molecule has 0 aliphatic rings. The average Bonchev–Trinajstić information content (AvgIpc) is 2.48. The molecule has 0 aliphatic carbocycles. The van der Waals surface area contributed by atoms with E-state index >= 15 is 0 Å². The molecule has 0 amide bonds. The molecule has 1 rings (SSSR count). The number of thiophene rings is 1. The van der Waals surface area contributed by atoms with Gasteiger partial charge >= 0.3 is 0 Å². The zero-order valence-electron chi connectivity index (χ0n) is 6.00. The topological polar surface area (TPSA) is 46.2 Å². The molecule has 0 bridgehead atoms. The minimum Gasteiger partial charge on any atom is -0.384 e. The van der Waals surface area contributed by atoms with E-state index in [1.807, 2.05) is 12.1 Å². The maximum atomic E-state index is 8.40. The summed E-state index contributed by atoms with van der Waals surface area (Å²) >= 11 is 1.56. The Morgan fingerprint density at radius 1 is 1.55 bits per heavy atom. The maximum absolute atomic E-state index is 8.40. The fourth-order valence-electron chi connectivity index (χ4n) is 0.681. The Balaban J connectivity index is 2.72. The third kappa shape index (κ3) is 2.35. The van der Waals surface area contributed by atoms with Gasteiger partial charge in [0, 0.05) is 11.4 Å². The maximum Gasteiger partial charge on any atom is 0.104 e. The van der Waals surface area contributed by atoms with Crippen LogP contribution in [0.25, 0.3) is 0 Å². The number of aliphatic hydroxyl groups excluding tert-OH is 1. The quantitative estimate of drug-likeness (QED) is 0.600. The van der Waals surface area contributed by atoms with E-state index in [1.165, 1.54) is 0 Å². The van der Waals surface area contributed by atoms with E-state index < -0.39 is 0 Å². The van der Waals surface area contributed by atoms with E-state index in [9.17, 15) is 0 Å². The summed E-state index contributed by atoms with van der Waals surface area (Å²) in [6, 6.07) is 3.86. The second kappa shape index (κ2) is 4.14. The van der Waals surface area contributed by atoms with E-state index in [-0.39, 0.29) is 6.61 Å². The van der Waals surface area contributed by atoms with Gasteiger partial charge in [-0.1, -0.05) is 11.8 Å². The first-order valence-corrected chi connectivity index (χ1v) is 4.07. The van der Waals surface area contributed by atoms with Crippen LogP contribution in [-0.2, 0) is 6.54 Å². The first kappa shape index (κ1) is 8.28. The van der Waals surface area contributed by atoms with Crippen LogP contribution in [0.1, 0.15) is 9.75 Å². The molecule has 1 aromatic heterocycles. The van der Waals surface area contributed by atoms with Crippen molar-refractivity contribution in [3.63, 3.8) is 0 Å². The lowest BCUT2D eigenvalue weighted by atomic mass is 10.4. The number of rotatable bonds is 1. The van der Waals surface area contributed by atoms with Crippen LogP contribution in [0.15, 0.2) is 12.1 Å². The molecule has 3 heteroatoms. The Morgan fingerprint density at radius 2 is 2.36 bits per heavy atom. The SMILES string of the molecule is NCc1ccc(C#CCO)s1. The molecule has 0 fully saturated rings. The molecule has 0 unspecified atom stereocenters. The molecule has 58 valence electrons. The molecular weight excluding hydrogens is 158 g/mol. The number of hydrogen-bond donors (Lipinski definition) is 2. The molecule has 0 radical (unpaired) electrons. The standard InChI is InChI=1S/C8H9NOS/c9-6-8-4-3-7(11-8)2-1-5-10/h3-4,10H,5-6,9H2. The predicted molar refractivity (Wildman–Crippen MR) is 46.2 cm³/mol. The Hall–Kier alpha value is -0.820. The molecule has 1 aromatic rings. The molecule has 0 aromatic carbocycles. The highest BCUT2D eigenvalue weighted by molar-refractivity contribution is 7.12.